The van der Waals surface area contributed by atoms with Crippen molar-refractivity contribution in [1.82, 2.24) is 4.98 Å². The highest BCUT2D eigenvalue weighted by atomic mass is 35.5. The smallest absolute Gasteiger partial charge is 0.352 e. The fourth-order valence-electron chi connectivity index (χ4n) is 3.28. The molecule has 0 aliphatic heterocycles. The van der Waals surface area contributed by atoms with E-state index in [0.717, 1.165) is 10.8 Å². The standard InChI is InChI=1S/C22H14Cl2N2O3/c23-13-10-16(24)20-15(21(22(28)29)26-18(20)11-13)8-9-19(27)25-17-7-3-5-12-4-1-2-6-14(12)17/h1-11,26H,(H,25,27)(H,28,29)/b9-8+. The van der Waals surface area contributed by atoms with Gasteiger partial charge in [-0.2, -0.15) is 0 Å². The number of hydrogen-bond acceptors (Lipinski definition) is 2. The van der Waals surface area contributed by atoms with Gasteiger partial charge in [-0.3, -0.25) is 4.79 Å². The Bertz CT molecular complexity index is 1300. The fourth-order valence-corrected chi connectivity index (χ4v) is 3.87. The van der Waals surface area contributed by atoms with E-state index in [-0.39, 0.29) is 5.69 Å². The number of anilines is 1. The van der Waals surface area contributed by atoms with Crippen molar-refractivity contribution in [2.45, 2.75) is 0 Å². The number of carboxylic acids is 1. The molecule has 144 valence electrons. The first kappa shape index (κ1) is 19.1. The molecule has 0 saturated heterocycles. The molecule has 0 spiro atoms. The Morgan fingerprint density at radius 1 is 1.03 bits per heavy atom. The van der Waals surface area contributed by atoms with Crippen LogP contribution in [0.4, 0.5) is 5.69 Å². The van der Waals surface area contributed by atoms with Crippen LogP contribution in [-0.2, 0) is 4.79 Å². The van der Waals surface area contributed by atoms with E-state index in [4.69, 9.17) is 23.2 Å². The van der Waals surface area contributed by atoms with Crippen molar-refractivity contribution >= 4 is 68.5 Å². The number of H-pyrrole nitrogens is 1. The summed E-state index contributed by atoms with van der Waals surface area (Å²) in [5, 5.41) is 15.4. The molecule has 0 bridgehead atoms. The first-order valence-corrected chi connectivity index (χ1v) is 9.40. The normalized spacial score (nSPS) is 11.4. The highest BCUT2D eigenvalue weighted by molar-refractivity contribution is 6.39. The largest absolute Gasteiger partial charge is 0.477 e. The molecule has 3 aromatic carbocycles. The average Bonchev–Trinajstić information content (AvgIpc) is 3.05. The van der Waals surface area contributed by atoms with E-state index in [1.165, 1.54) is 18.2 Å². The maximum absolute atomic E-state index is 12.5. The summed E-state index contributed by atoms with van der Waals surface area (Å²) in [6, 6.07) is 16.4. The number of aromatic amines is 1. The Balaban J connectivity index is 1.70. The third-order valence-electron chi connectivity index (χ3n) is 4.52. The van der Waals surface area contributed by atoms with Gasteiger partial charge in [0.1, 0.15) is 5.69 Å². The molecule has 5 nitrogen and oxygen atoms in total. The molecular weight excluding hydrogens is 411 g/mol. The van der Waals surface area contributed by atoms with Crippen molar-refractivity contribution < 1.29 is 14.7 Å². The number of benzene rings is 3. The number of fused-ring (bicyclic) bond motifs is 2. The molecular formula is C22H14Cl2N2O3. The highest BCUT2D eigenvalue weighted by Crippen LogP contribution is 2.33. The van der Waals surface area contributed by atoms with Gasteiger partial charge < -0.3 is 15.4 Å². The van der Waals surface area contributed by atoms with Gasteiger partial charge in [-0.25, -0.2) is 4.79 Å². The van der Waals surface area contributed by atoms with E-state index in [9.17, 15) is 14.7 Å². The third-order valence-corrected chi connectivity index (χ3v) is 5.03. The quantitative estimate of drug-likeness (QED) is 0.352. The fraction of sp³-hybridized carbons (Fsp3) is 0. The number of halogens is 2. The molecule has 0 saturated carbocycles. The summed E-state index contributed by atoms with van der Waals surface area (Å²) in [6.45, 7) is 0. The second-order valence-corrected chi connectivity index (χ2v) is 7.22. The van der Waals surface area contributed by atoms with Crippen LogP contribution in [-0.4, -0.2) is 22.0 Å². The van der Waals surface area contributed by atoms with Crippen LogP contribution in [0.2, 0.25) is 10.0 Å². The van der Waals surface area contributed by atoms with Crippen LogP contribution in [0.1, 0.15) is 16.1 Å². The summed E-state index contributed by atoms with van der Waals surface area (Å²) in [5.74, 6) is -1.56. The van der Waals surface area contributed by atoms with E-state index in [2.05, 4.69) is 10.3 Å². The third kappa shape index (κ3) is 3.70. The Hall–Kier alpha value is -3.28. The Kier molecular flexibility index (Phi) is 5.01. The lowest BCUT2D eigenvalue weighted by molar-refractivity contribution is -0.111. The van der Waals surface area contributed by atoms with Crippen molar-refractivity contribution in [3.63, 3.8) is 0 Å². The summed E-state index contributed by atoms with van der Waals surface area (Å²) in [6.07, 6.45) is 2.71. The Morgan fingerprint density at radius 3 is 2.59 bits per heavy atom. The zero-order valence-electron chi connectivity index (χ0n) is 14.9. The molecule has 7 heteroatoms. The predicted octanol–water partition coefficient (Wildman–Crippen LogP) is 5.98. The van der Waals surface area contributed by atoms with Crippen LogP contribution in [0.15, 0.2) is 60.7 Å². The Morgan fingerprint density at radius 2 is 1.79 bits per heavy atom. The molecule has 0 radical (unpaired) electrons. The summed E-state index contributed by atoms with van der Waals surface area (Å²) in [7, 11) is 0. The number of nitrogens with one attached hydrogen (secondary N) is 2. The second kappa shape index (κ2) is 7.62. The Labute approximate surface area is 175 Å². The molecule has 1 heterocycles. The maximum Gasteiger partial charge on any atom is 0.352 e. The lowest BCUT2D eigenvalue weighted by atomic mass is 10.1. The molecule has 0 atom stereocenters. The first-order chi connectivity index (χ1) is 13.9. The van der Waals surface area contributed by atoms with Gasteiger partial charge >= 0.3 is 5.97 Å². The minimum absolute atomic E-state index is 0.0709. The number of aromatic nitrogens is 1. The first-order valence-electron chi connectivity index (χ1n) is 8.65. The van der Waals surface area contributed by atoms with Crippen LogP contribution in [0.25, 0.3) is 27.8 Å². The van der Waals surface area contributed by atoms with Crippen molar-refractivity contribution in [3.05, 3.63) is 82.0 Å². The van der Waals surface area contributed by atoms with Crippen molar-refractivity contribution in [3.8, 4) is 0 Å². The van der Waals surface area contributed by atoms with Crippen molar-refractivity contribution in [2.75, 3.05) is 5.32 Å². The molecule has 0 fully saturated rings. The maximum atomic E-state index is 12.5. The van der Waals surface area contributed by atoms with E-state index in [1.807, 2.05) is 36.4 Å². The summed E-state index contributed by atoms with van der Waals surface area (Å²) < 4.78 is 0. The van der Waals surface area contributed by atoms with Gasteiger partial charge in [0.2, 0.25) is 5.91 Å². The molecule has 29 heavy (non-hydrogen) atoms. The molecule has 1 aromatic heterocycles. The van der Waals surface area contributed by atoms with Crippen LogP contribution in [0.3, 0.4) is 0 Å². The van der Waals surface area contributed by atoms with E-state index >= 15 is 0 Å². The molecule has 0 aliphatic rings. The molecule has 0 aliphatic carbocycles. The highest BCUT2D eigenvalue weighted by Gasteiger charge is 2.18. The topological polar surface area (TPSA) is 82.2 Å². The van der Waals surface area contributed by atoms with Gasteiger partial charge in [-0.15, -0.1) is 0 Å². The number of carbonyl (C=O) groups excluding carboxylic acids is 1. The molecule has 0 unspecified atom stereocenters. The average molecular weight is 425 g/mol. The molecule has 4 rings (SSSR count). The lowest BCUT2D eigenvalue weighted by Gasteiger charge is -2.06. The van der Waals surface area contributed by atoms with Crippen LogP contribution in [0.5, 0.6) is 0 Å². The van der Waals surface area contributed by atoms with Gasteiger partial charge in [0.25, 0.3) is 0 Å². The second-order valence-electron chi connectivity index (χ2n) is 6.38. The number of carboxylic acid groups (broad SMARTS) is 1. The molecule has 4 aromatic rings. The van der Waals surface area contributed by atoms with Crippen LogP contribution >= 0.6 is 23.2 Å². The van der Waals surface area contributed by atoms with Crippen molar-refractivity contribution in [1.29, 1.82) is 0 Å². The van der Waals surface area contributed by atoms with Gasteiger partial charge in [0.05, 0.1) is 5.02 Å². The number of carbonyl (C=O) groups is 2. The van der Waals surface area contributed by atoms with Crippen LogP contribution < -0.4 is 5.32 Å². The number of hydrogen-bond donors (Lipinski definition) is 3. The number of aromatic carboxylic acids is 1. The predicted molar refractivity (Wildman–Crippen MR) is 117 cm³/mol. The van der Waals surface area contributed by atoms with E-state index in [1.54, 1.807) is 12.1 Å². The van der Waals surface area contributed by atoms with Gasteiger partial charge in [-0.1, -0.05) is 59.6 Å². The van der Waals surface area contributed by atoms with Gasteiger partial charge in [0, 0.05) is 38.6 Å². The SMILES string of the molecule is O=C(/C=C/c1c(C(=O)O)[nH]c2cc(Cl)cc(Cl)c12)Nc1cccc2ccccc12. The zero-order chi connectivity index (χ0) is 20.5. The zero-order valence-corrected chi connectivity index (χ0v) is 16.4. The number of amides is 1. The minimum Gasteiger partial charge on any atom is -0.477 e. The van der Waals surface area contributed by atoms with E-state index in [0.29, 0.717) is 32.2 Å². The summed E-state index contributed by atoms with van der Waals surface area (Å²) in [5.41, 5.74) is 1.38. The van der Waals surface area contributed by atoms with Crippen molar-refractivity contribution in [2.24, 2.45) is 0 Å². The molecule has 3 N–H and O–H groups in total. The molecule has 1 amide bonds. The van der Waals surface area contributed by atoms with E-state index < -0.39 is 11.9 Å². The lowest BCUT2D eigenvalue weighted by Crippen LogP contribution is -2.08. The monoisotopic (exact) mass is 424 g/mol. The summed E-state index contributed by atoms with van der Waals surface area (Å²) >= 11 is 12.3. The van der Waals surface area contributed by atoms with Crippen LogP contribution in [0, 0.1) is 0 Å². The minimum atomic E-state index is -1.16. The summed E-state index contributed by atoms with van der Waals surface area (Å²) in [4.78, 5) is 26.9. The van der Waals surface area contributed by atoms with Gasteiger partial charge in [-0.05, 0) is 29.7 Å². The number of rotatable bonds is 4. The van der Waals surface area contributed by atoms with Gasteiger partial charge in [0.15, 0.2) is 0 Å².